The van der Waals surface area contributed by atoms with E-state index in [9.17, 15) is 4.79 Å². The van der Waals surface area contributed by atoms with Gasteiger partial charge in [-0.25, -0.2) is 4.79 Å². The summed E-state index contributed by atoms with van der Waals surface area (Å²) in [5.41, 5.74) is 2.32. The normalized spacial score (nSPS) is 19.4. The molecule has 1 saturated heterocycles. The molecular weight excluding hydrogens is 180 g/mol. The zero-order chi connectivity index (χ0) is 10.1. The van der Waals surface area contributed by atoms with Crippen molar-refractivity contribution < 1.29 is 14.6 Å². The lowest BCUT2D eigenvalue weighted by molar-refractivity contribution is 0.0694. The summed E-state index contributed by atoms with van der Waals surface area (Å²) < 4.78 is 5.16. The van der Waals surface area contributed by atoms with Crippen molar-refractivity contribution in [3.63, 3.8) is 0 Å². The maximum absolute atomic E-state index is 11.0. The van der Waals surface area contributed by atoms with Crippen LogP contribution in [0.5, 0.6) is 0 Å². The Morgan fingerprint density at radius 1 is 1.64 bits per heavy atom. The Hall–Kier alpha value is -1.35. The molecule has 2 rings (SSSR count). The molecule has 0 amide bonds. The third-order valence-corrected chi connectivity index (χ3v) is 2.46. The third-order valence-electron chi connectivity index (χ3n) is 2.46. The molecule has 1 heterocycles. The molecule has 3 nitrogen and oxygen atoms in total. The molecule has 0 bridgehead atoms. The summed E-state index contributed by atoms with van der Waals surface area (Å²) in [6.07, 6.45) is 0.855. The summed E-state index contributed by atoms with van der Waals surface area (Å²) in [4.78, 5) is 11.0. The van der Waals surface area contributed by atoms with Crippen LogP contribution in [0.15, 0.2) is 18.2 Å². The SMILES string of the molecule is CCc1cccc(C(=O)O)c1[C@H]1CO1. The van der Waals surface area contributed by atoms with Crippen LogP contribution in [0.4, 0.5) is 0 Å². The topological polar surface area (TPSA) is 49.8 Å². The van der Waals surface area contributed by atoms with Crippen LogP contribution in [0.2, 0.25) is 0 Å². The number of epoxide rings is 1. The Labute approximate surface area is 82.3 Å². The van der Waals surface area contributed by atoms with E-state index in [0.717, 1.165) is 17.5 Å². The van der Waals surface area contributed by atoms with Gasteiger partial charge in [-0.3, -0.25) is 0 Å². The maximum Gasteiger partial charge on any atom is 0.336 e. The molecule has 1 fully saturated rings. The first-order valence-electron chi connectivity index (χ1n) is 4.70. The molecule has 0 spiro atoms. The highest BCUT2D eigenvalue weighted by molar-refractivity contribution is 5.90. The van der Waals surface area contributed by atoms with Crippen molar-refractivity contribution in [3.8, 4) is 0 Å². The van der Waals surface area contributed by atoms with Crippen LogP contribution in [0.25, 0.3) is 0 Å². The summed E-state index contributed by atoms with van der Waals surface area (Å²) >= 11 is 0. The first-order chi connectivity index (χ1) is 6.74. The van der Waals surface area contributed by atoms with E-state index in [-0.39, 0.29) is 6.10 Å². The molecule has 1 aliphatic rings. The lowest BCUT2D eigenvalue weighted by Gasteiger charge is -2.08. The van der Waals surface area contributed by atoms with Gasteiger partial charge >= 0.3 is 5.97 Å². The van der Waals surface area contributed by atoms with Crippen molar-refractivity contribution in [2.75, 3.05) is 6.61 Å². The summed E-state index contributed by atoms with van der Waals surface area (Å²) in [6, 6.07) is 5.39. The number of aromatic carboxylic acids is 1. The number of ether oxygens (including phenoxy) is 1. The molecule has 74 valence electrons. The van der Waals surface area contributed by atoms with E-state index in [4.69, 9.17) is 9.84 Å². The molecule has 1 aromatic carbocycles. The quantitative estimate of drug-likeness (QED) is 0.745. The van der Waals surface area contributed by atoms with Crippen molar-refractivity contribution in [2.24, 2.45) is 0 Å². The van der Waals surface area contributed by atoms with E-state index in [1.165, 1.54) is 0 Å². The van der Waals surface area contributed by atoms with Crippen LogP contribution < -0.4 is 0 Å². The van der Waals surface area contributed by atoms with Gasteiger partial charge < -0.3 is 9.84 Å². The van der Waals surface area contributed by atoms with Crippen LogP contribution >= 0.6 is 0 Å². The van der Waals surface area contributed by atoms with Crippen LogP contribution in [0.3, 0.4) is 0 Å². The zero-order valence-corrected chi connectivity index (χ0v) is 7.99. The predicted molar refractivity (Wildman–Crippen MR) is 51.5 cm³/mol. The molecule has 0 aromatic heterocycles. The molecule has 3 heteroatoms. The first-order valence-corrected chi connectivity index (χ1v) is 4.70. The average molecular weight is 192 g/mol. The number of benzene rings is 1. The number of carboxylic acids is 1. The van der Waals surface area contributed by atoms with Crippen LogP contribution in [0, 0.1) is 0 Å². The average Bonchev–Trinajstić information content (AvgIpc) is 2.99. The lowest BCUT2D eigenvalue weighted by Crippen LogP contribution is -2.04. The minimum absolute atomic E-state index is 0.0113. The second kappa shape index (κ2) is 3.42. The number of carboxylic acid groups (broad SMARTS) is 1. The number of rotatable bonds is 3. The van der Waals surface area contributed by atoms with Gasteiger partial charge in [0.25, 0.3) is 0 Å². The van der Waals surface area contributed by atoms with Gasteiger partial charge in [0.2, 0.25) is 0 Å². The van der Waals surface area contributed by atoms with Crippen molar-refractivity contribution in [2.45, 2.75) is 19.4 Å². The van der Waals surface area contributed by atoms with E-state index in [2.05, 4.69) is 0 Å². The maximum atomic E-state index is 11.0. The zero-order valence-electron chi connectivity index (χ0n) is 7.99. The minimum Gasteiger partial charge on any atom is -0.478 e. The second-order valence-electron chi connectivity index (χ2n) is 3.36. The number of hydrogen-bond acceptors (Lipinski definition) is 2. The minimum atomic E-state index is -0.870. The summed E-state index contributed by atoms with van der Waals surface area (Å²) in [5, 5.41) is 9.01. The third kappa shape index (κ3) is 1.51. The van der Waals surface area contributed by atoms with E-state index in [0.29, 0.717) is 12.2 Å². The molecule has 1 atom stereocenters. The number of carbonyl (C=O) groups is 1. The van der Waals surface area contributed by atoms with E-state index < -0.39 is 5.97 Å². The summed E-state index contributed by atoms with van der Waals surface area (Å²) in [6.45, 7) is 2.67. The first kappa shape index (κ1) is 9.21. The summed E-state index contributed by atoms with van der Waals surface area (Å²) in [5.74, 6) is -0.870. The smallest absolute Gasteiger partial charge is 0.336 e. The Morgan fingerprint density at radius 3 is 2.86 bits per heavy atom. The van der Waals surface area contributed by atoms with E-state index in [1.54, 1.807) is 12.1 Å². The van der Waals surface area contributed by atoms with Gasteiger partial charge in [0, 0.05) is 5.56 Å². The summed E-state index contributed by atoms with van der Waals surface area (Å²) in [7, 11) is 0. The molecule has 1 aliphatic heterocycles. The molecule has 1 aromatic rings. The highest BCUT2D eigenvalue weighted by Crippen LogP contribution is 2.35. The fourth-order valence-electron chi connectivity index (χ4n) is 1.70. The van der Waals surface area contributed by atoms with E-state index >= 15 is 0 Å². The highest BCUT2D eigenvalue weighted by atomic mass is 16.6. The largest absolute Gasteiger partial charge is 0.478 e. The number of hydrogen-bond donors (Lipinski definition) is 1. The van der Waals surface area contributed by atoms with Gasteiger partial charge in [-0.1, -0.05) is 19.1 Å². The van der Waals surface area contributed by atoms with Gasteiger partial charge in [0.1, 0.15) is 6.10 Å². The van der Waals surface area contributed by atoms with E-state index in [1.807, 2.05) is 13.0 Å². The molecule has 1 N–H and O–H groups in total. The Bertz CT molecular complexity index is 367. The van der Waals surface area contributed by atoms with Crippen LogP contribution in [-0.4, -0.2) is 17.7 Å². The van der Waals surface area contributed by atoms with Crippen molar-refractivity contribution in [1.29, 1.82) is 0 Å². The van der Waals surface area contributed by atoms with Crippen molar-refractivity contribution in [1.82, 2.24) is 0 Å². The molecule has 0 unspecified atom stereocenters. The molecule has 0 radical (unpaired) electrons. The number of aryl methyl sites for hydroxylation is 1. The van der Waals surface area contributed by atoms with Crippen LogP contribution in [-0.2, 0) is 11.2 Å². The van der Waals surface area contributed by atoms with Gasteiger partial charge in [0.15, 0.2) is 0 Å². The highest BCUT2D eigenvalue weighted by Gasteiger charge is 2.31. The Balaban J connectivity index is 2.52. The van der Waals surface area contributed by atoms with Gasteiger partial charge in [-0.05, 0) is 18.1 Å². The fourth-order valence-corrected chi connectivity index (χ4v) is 1.70. The fraction of sp³-hybridized carbons (Fsp3) is 0.364. The monoisotopic (exact) mass is 192 g/mol. The van der Waals surface area contributed by atoms with Gasteiger partial charge in [-0.2, -0.15) is 0 Å². The molecular formula is C11H12O3. The molecule has 0 saturated carbocycles. The van der Waals surface area contributed by atoms with Gasteiger partial charge in [0.05, 0.1) is 12.2 Å². The van der Waals surface area contributed by atoms with Crippen molar-refractivity contribution >= 4 is 5.97 Å². The standard InChI is InChI=1S/C11H12O3/c1-2-7-4-3-5-8(11(12)13)10(7)9-6-14-9/h3-5,9H,2,6H2,1H3,(H,12,13)/t9-/m1/s1. The van der Waals surface area contributed by atoms with Crippen molar-refractivity contribution in [3.05, 3.63) is 34.9 Å². The molecule has 0 aliphatic carbocycles. The van der Waals surface area contributed by atoms with Crippen LogP contribution in [0.1, 0.15) is 34.5 Å². The van der Waals surface area contributed by atoms with Gasteiger partial charge in [-0.15, -0.1) is 0 Å². The predicted octanol–water partition coefficient (Wildman–Crippen LogP) is 2.02. The Morgan fingerprint density at radius 2 is 2.36 bits per heavy atom. The lowest BCUT2D eigenvalue weighted by atomic mass is 9.97. The second-order valence-corrected chi connectivity index (χ2v) is 3.36. The molecule has 14 heavy (non-hydrogen) atoms. The Kier molecular flexibility index (Phi) is 2.25.